The van der Waals surface area contributed by atoms with Crippen molar-refractivity contribution in [2.75, 3.05) is 5.73 Å². The van der Waals surface area contributed by atoms with Crippen molar-refractivity contribution in [2.24, 2.45) is 5.92 Å². The fourth-order valence-corrected chi connectivity index (χ4v) is 3.34. The van der Waals surface area contributed by atoms with Gasteiger partial charge in [-0.2, -0.15) is 10.5 Å². The Bertz CT molecular complexity index is 822. The molecule has 0 amide bonds. The van der Waals surface area contributed by atoms with E-state index in [-0.39, 0.29) is 0 Å². The zero-order chi connectivity index (χ0) is 16.4. The van der Waals surface area contributed by atoms with Crippen LogP contribution < -0.4 is 5.73 Å². The standard InChI is InChI=1S/C19H18N4/c1-2-12-5-8-17-15(9-12)18(16(11-21)19(22)23-17)14-6-3-13(10-20)4-7-14/h3-4,6-7,12H,2,5,8-9H2,1H3,(H2,22,23). The number of nitriles is 2. The Balaban J connectivity index is 2.23. The summed E-state index contributed by atoms with van der Waals surface area (Å²) in [6, 6.07) is 11.7. The van der Waals surface area contributed by atoms with Gasteiger partial charge in [-0.05, 0) is 48.4 Å². The minimum Gasteiger partial charge on any atom is -0.383 e. The van der Waals surface area contributed by atoms with Crippen molar-refractivity contribution in [2.45, 2.75) is 32.6 Å². The lowest BCUT2D eigenvalue weighted by molar-refractivity contribution is 0.441. The molecule has 0 saturated heterocycles. The zero-order valence-corrected chi connectivity index (χ0v) is 13.1. The molecular formula is C19H18N4. The fraction of sp³-hybridized carbons (Fsp3) is 0.316. The number of anilines is 1. The number of aryl methyl sites for hydroxylation is 1. The van der Waals surface area contributed by atoms with Crippen molar-refractivity contribution in [3.63, 3.8) is 0 Å². The van der Waals surface area contributed by atoms with Crippen molar-refractivity contribution in [1.29, 1.82) is 10.5 Å². The summed E-state index contributed by atoms with van der Waals surface area (Å²) in [7, 11) is 0. The molecule has 0 radical (unpaired) electrons. The molecule has 1 aromatic carbocycles. The Labute approximate surface area is 136 Å². The van der Waals surface area contributed by atoms with Gasteiger partial charge in [0.25, 0.3) is 0 Å². The van der Waals surface area contributed by atoms with E-state index in [4.69, 9.17) is 11.0 Å². The summed E-state index contributed by atoms with van der Waals surface area (Å²) in [6.45, 7) is 2.20. The highest BCUT2D eigenvalue weighted by molar-refractivity contribution is 5.79. The Hall–Kier alpha value is -2.85. The van der Waals surface area contributed by atoms with Crippen LogP contribution in [0.4, 0.5) is 5.82 Å². The van der Waals surface area contributed by atoms with Gasteiger partial charge in [0, 0.05) is 11.3 Å². The quantitative estimate of drug-likeness (QED) is 0.918. The van der Waals surface area contributed by atoms with Gasteiger partial charge in [-0.15, -0.1) is 0 Å². The van der Waals surface area contributed by atoms with E-state index in [1.54, 1.807) is 12.1 Å². The second kappa shape index (κ2) is 6.10. The second-order valence-corrected chi connectivity index (χ2v) is 5.99. The van der Waals surface area contributed by atoms with Gasteiger partial charge in [0.15, 0.2) is 0 Å². The molecule has 2 aromatic rings. The fourth-order valence-electron chi connectivity index (χ4n) is 3.34. The van der Waals surface area contributed by atoms with Gasteiger partial charge in [0.1, 0.15) is 17.5 Å². The Morgan fingerprint density at radius 2 is 1.96 bits per heavy atom. The minimum atomic E-state index is 0.306. The third-order valence-electron chi connectivity index (χ3n) is 4.69. The van der Waals surface area contributed by atoms with E-state index in [0.29, 0.717) is 22.9 Å². The molecule has 0 aliphatic heterocycles. The third kappa shape index (κ3) is 2.64. The van der Waals surface area contributed by atoms with E-state index in [2.05, 4.69) is 24.0 Å². The monoisotopic (exact) mass is 302 g/mol. The highest BCUT2D eigenvalue weighted by atomic mass is 14.9. The number of benzene rings is 1. The first-order chi connectivity index (χ1) is 11.2. The average molecular weight is 302 g/mol. The van der Waals surface area contributed by atoms with Crippen LogP contribution in [0.25, 0.3) is 11.1 Å². The van der Waals surface area contributed by atoms with Crippen LogP contribution in [0.2, 0.25) is 0 Å². The number of hydrogen-bond acceptors (Lipinski definition) is 4. The predicted octanol–water partition coefficient (Wildman–Crippen LogP) is 3.59. The molecule has 114 valence electrons. The number of pyridine rings is 1. The average Bonchev–Trinajstić information content (AvgIpc) is 2.60. The summed E-state index contributed by atoms with van der Waals surface area (Å²) in [4.78, 5) is 4.48. The van der Waals surface area contributed by atoms with E-state index in [9.17, 15) is 5.26 Å². The molecule has 0 bridgehead atoms. The van der Waals surface area contributed by atoms with Gasteiger partial charge in [-0.3, -0.25) is 0 Å². The smallest absolute Gasteiger partial charge is 0.142 e. The number of rotatable bonds is 2. The van der Waals surface area contributed by atoms with Crippen LogP contribution in [0.1, 0.15) is 42.1 Å². The molecule has 2 N–H and O–H groups in total. The van der Waals surface area contributed by atoms with Gasteiger partial charge in [0.05, 0.1) is 11.6 Å². The van der Waals surface area contributed by atoms with E-state index >= 15 is 0 Å². The molecular weight excluding hydrogens is 284 g/mol. The van der Waals surface area contributed by atoms with Crippen molar-refractivity contribution < 1.29 is 0 Å². The van der Waals surface area contributed by atoms with Crippen molar-refractivity contribution >= 4 is 5.82 Å². The summed E-state index contributed by atoms with van der Waals surface area (Å²) in [5, 5.41) is 18.5. The van der Waals surface area contributed by atoms with E-state index < -0.39 is 0 Å². The first-order valence-corrected chi connectivity index (χ1v) is 7.89. The van der Waals surface area contributed by atoms with Crippen LogP contribution >= 0.6 is 0 Å². The number of fused-ring (bicyclic) bond motifs is 1. The third-order valence-corrected chi connectivity index (χ3v) is 4.69. The summed E-state index contributed by atoms with van der Waals surface area (Å²) < 4.78 is 0. The van der Waals surface area contributed by atoms with Gasteiger partial charge in [-0.25, -0.2) is 4.98 Å². The molecule has 4 nitrogen and oxygen atoms in total. The summed E-state index contributed by atoms with van der Waals surface area (Å²) in [5.74, 6) is 0.928. The Morgan fingerprint density at radius 1 is 1.22 bits per heavy atom. The minimum absolute atomic E-state index is 0.306. The Morgan fingerprint density at radius 3 is 2.57 bits per heavy atom. The second-order valence-electron chi connectivity index (χ2n) is 5.99. The van der Waals surface area contributed by atoms with Crippen molar-refractivity contribution in [1.82, 2.24) is 4.98 Å². The topological polar surface area (TPSA) is 86.5 Å². The molecule has 1 aliphatic carbocycles. The van der Waals surface area contributed by atoms with E-state index in [0.717, 1.165) is 48.1 Å². The summed E-state index contributed by atoms with van der Waals surface area (Å²) >= 11 is 0. The molecule has 1 aliphatic rings. The number of hydrogen-bond donors (Lipinski definition) is 1. The Kier molecular flexibility index (Phi) is 4.00. The predicted molar refractivity (Wildman–Crippen MR) is 89.3 cm³/mol. The maximum absolute atomic E-state index is 9.56. The maximum atomic E-state index is 9.56. The highest BCUT2D eigenvalue weighted by Gasteiger charge is 2.25. The number of nitrogen functional groups attached to an aromatic ring is 1. The number of aromatic nitrogens is 1. The molecule has 1 atom stereocenters. The van der Waals surface area contributed by atoms with Crippen LogP contribution in [-0.2, 0) is 12.8 Å². The first-order valence-electron chi connectivity index (χ1n) is 7.89. The SMILES string of the molecule is CCC1CCc2nc(N)c(C#N)c(-c3ccc(C#N)cc3)c2C1. The van der Waals surface area contributed by atoms with Crippen LogP contribution in [0.3, 0.4) is 0 Å². The molecule has 23 heavy (non-hydrogen) atoms. The van der Waals surface area contributed by atoms with Crippen LogP contribution in [-0.4, -0.2) is 4.98 Å². The molecule has 1 aromatic heterocycles. The lowest BCUT2D eigenvalue weighted by atomic mass is 9.80. The van der Waals surface area contributed by atoms with Crippen LogP contribution in [0.15, 0.2) is 24.3 Å². The largest absolute Gasteiger partial charge is 0.383 e. The molecule has 0 saturated carbocycles. The molecule has 3 rings (SSSR count). The van der Waals surface area contributed by atoms with E-state index in [1.165, 1.54) is 0 Å². The molecule has 0 fully saturated rings. The highest BCUT2D eigenvalue weighted by Crippen LogP contribution is 2.38. The van der Waals surface area contributed by atoms with Gasteiger partial charge in [-0.1, -0.05) is 25.5 Å². The lowest BCUT2D eigenvalue weighted by Crippen LogP contribution is -2.18. The summed E-state index contributed by atoms with van der Waals surface area (Å²) in [6.07, 6.45) is 4.09. The van der Waals surface area contributed by atoms with Crippen molar-refractivity contribution in [3.05, 3.63) is 46.6 Å². The zero-order valence-electron chi connectivity index (χ0n) is 13.1. The maximum Gasteiger partial charge on any atom is 0.142 e. The van der Waals surface area contributed by atoms with E-state index in [1.807, 2.05) is 12.1 Å². The normalized spacial score (nSPS) is 16.2. The molecule has 1 heterocycles. The van der Waals surface area contributed by atoms with Crippen LogP contribution in [0, 0.1) is 28.6 Å². The molecule has 4 heteroatoms. The van der Waals surface area contributed by atoms with Gasteiger partial charge < -0.3 is 5.73 Å². The van der Waals surface area contributed by atoms with Gasteiger partial charge in [0.2, 0.25) is 0 Å². The van der Waals surface area contributed by atoms with Crippen LogP contribution in [0.5, 0.6) is 0 Å². The lowest BCUT2D eigenvalue weighted by Gasteiger charge is -2.26. The molecule has 0 spiro atoms. The van der Waals surface area contributed by atoms with Gasteiger partial charge >= 0.3 is 0 Å². The first kappa shape index (κ1) is 15.1. The molecule has 1 unspecified atom stereocenters. The number of nitrogens with two attached hydrogens (primary N) is 1. The summed E-state index contributed by atoms with van der Waals surface area (Å²) in [5.41, 5.74) is 11.1. The number of nitrogens with zero attached hydrogens (tertiary/aromatic N) is 3. The van der Waals surface area contributed by atoms with Crippen molar-refractivity contribution in [3.8, 4) is 23.3 Å².